The highest BCUT2D eigenvalue weighted by molar-refractivity contribution is 5.99. The molecule has 0 fully saturated rings. The largest absolute Gasteiger partial charge is 0.468 e. The van der Waals surface area contributed by atoms with Crippen molar-refractivity contribution in [1.29, 1.82) is 5.26 Å². The highest BCUT2D eigenvalue weighted by Crippen LogP contribution is 2.24. The minimum Gasteiger partial charge on any atom is -0.468 e. The molecule has 5 heteroatoms. The van der Waals surface area contributed by atoms with E-state index in [-0.39, 0.29) is 24.7 Å². The third-order valence-electron chi connectivity index (χ3n) is 4.02. The number of esters is 1. The maximum Gasteiger partial charge on any atom is 0.316 e. The fourth-order valence-corrected chi connectivity index (χ4v) is 2.54. The van der Waals surface area contributed by atoms with Gasteiger partial charge in [-0.1, -0.05) is 42.5 Å². The molecule has 2 unspecified atom stereocenters. The summed E-state index contributed by atoms with van der Waals surface area (Å²) in [4.78, 5) is 24.0. The first kappa shape index (κ1) is 21.3. The second-order valence-electron chi connectivity index (χ2n) is 5.87. The zero-order valence-electron chi connectivity index (χ0n) is 15.7. The van der Waals surface area contributed by atoms with Crippen molar-refractivity contribution in [1.82, 2.24) is 0 Å². The Labute approximate surface area is 154 Å². The number of carbonyl (C=O) groups excluding carboxylic acids is 2. The third-order valence-corrected chi connectivity index (χ3v) is 4.02. The van der Waals surface area contributed by atoms with Gasteiger partial charge in [-0.3, -0.25) is 9.59 Å². The van der Waals surface area contributed by atoms with Gasteiger partial charge in [0.2, 0.25) is 0 Å². The first-order valence-electron chi connectivity index (χ1n) is 8.39. The van der Waals surface area contributed by atoms with Crippen LogP contribution in [0.3, 0.4) is 0 Å². The molecule has 0 saturated carbocycles. The molecular formula is C21H25NO4. The molecule has 0 saturated heterocycles. The quantitative estimate of drug-likeness (QED) is 0.386. The van der Waals surface area contributed by atoms with E-state index >= 15 is 0 Å². The van der Waals surface area contributed by atoms with Crippen molar-refractivity contribution in [2.75, 3.05) is 20.8 Å². The van der Waals surface area contributed by atoms with Crippen molar-refractivity contribution in [3.63, 3.8) is 0 Å². The SMILES string of the molecule is C/C=C\C=C(\c1ccc(CC(C(=O)COC)C(=O)OC)cc1)C(C)C#N. The molecule has 0 aromatic heterocycles. The maximum absolute atomic E-state index is 12.1. The lowest BCUT2D eigenvalue weighted by molar-refractivity contribution is -0.150. The van der Waals surface area contributed by atoms with Crippen LogP contribution in [0.15, 0.2) is 42.5 Å². The number of nitrogens with zero attached hydrogens (tertiary/aromatic N) is 1. The zero-order chi connectivity index (χ0) is 19.5. The summed E-state index contributed by atoms with van der Waals surface area (Å²) < 4.78 is 9.58. The zero-order valence-corrected chi connectivity index (χ0v) is 15.7. The van der Waals surface area contributed by atoms with Gasteiger partial charge < -0.3 is 9.47 Å². The molecule has 2 atom stereocenters. The van der Waals surface area contributed by atoms with Crippen LogP contribution in [0.4, 0.5) is 0 Å². The Bertz CT molecular complexity index is 711. The van der Waals surface area contributed by atoms with Gasteiger partial charge in [0.25, 0.3) is 0 Å². The van der Waals surface area contributed by atoms with Crippen LogP contribution in [0.2, 0.25) is 0 Å². The molecule has 5 nitrogen and oxygen atoms in total. The molecule has 0 N–H and O–H groups in total. The van der Waals surface area contributed by atoms with Crippen molar-refractivity contribution in [2.24, 2.45) is 11.8 Å². The predicted octanol–water partition coefficient (Wildman–Crippen LogP) is 3.35. The van der Waals surface area contributed by atoms with E-state index in [1.807, 2.05) is 56.3 Å². The first-order valence-corrected chi connectivity index (χ1v) is 8.39. The van der Waals surface area contributed by atoms with Gasteiger partial charge >= 0.3 is 5.97 Å². The van der Waals surface area contributed by atoms with Crippen LogP contribution in [-0.2, 0) is 25.5 Å². The summed E-state index contributed by atoms with van der Waals surface area (Å²) in [6.45, 7) is 3.63. The summed E-state index contributed by atoms with van der Waals surface area (Å²) in [6, 6.07) is 9.76. The summed E-state index contributed by atoms with van der Waals surface area (Å²) in [5.41, 5.74) is 2.68. The van der Waals surface area contributed by atoms with Crippen LogP contribution in [0.25, 0.3) is 5.57 Å². The number of hydrogen-bond donors (Lipinski definition) is 0. The molecule has 0 aliphatic heterocycles. The van der Waals surface area contributed by atoms with Crippen molar-refractivity contribution < 1.29 is 19.1 Å². The lowest BCUT2D eigenvalue weighted by atomic mass is 9.91. The summed E-state index contributed by atoms with van der Waals surface area (Å²) >= 11 is 0. The van der Waals surface area contributed by atoms with Gasteiger partial charge in [-0.25, -0.2) is 0 Å². The number of benzene rings is 1. The Hall–Kier alpha value is -2.71. The van der Waals surface area contributed by atoms with Gasteiger partial charge in [-0.05, 0) is 37.0 Å². The lowest BCUT2D eigenvalue weighted by Gasteiger charge is -2.14. The van der Waals surface area contributed by atoms with Crippen molar-refractivity contribution in [2.45, 2.75) is 20.3 Å². The second kappa shape index (κ2) is 11.0. The third kappa shape index (κ3) is 5.98. The Morgan fingerprint density at radius 3 is 2.38 bits per heavy atom. The highest BCUT2D eigenvalue weighted by Gasteiger charge is 2.27. The summed E-state index contributed by atoms with van der Waals surface area (Å²) in [5, 5.41) is 9.22. The molecule has 1 aromatic rings. The van der Waals surface area contributed by atoms with Crippen LogP contribution in [0, 0.1) is 23.2 Å². The number of hydrogen-bond acceptors (Lipinski definition) is 5. The molecule has 0 radical (unpaired) electrons. The van der Waals surface area contributed by atoms with E-state index in [4.69, 9.17) is 9.47 Å². The van der Waals surface area contributed by atoms with Crippen LogP contribution in [0.5, 0.6) is 0 Å². The molecule has 0 spiro atoms. The van der Waals surface area contributed by atoms with Gasteiger partial charge in [-0.15, -0.1) is 0 Å². The van der Waals surface area contributed by atoms with Crippen LogP contribution in [-0.4, -0.2) is 32.6 Å². The van der Waals surface area contributed by atoms with Gasteiger partial charge in [0.1, 0.15) is 12.5 Å². The van der Waals surface area contributed by atoms with E-state index < -0.39 is 11.9 Å². The maximum atomic E-state index is 12.1. The summed E-state index contributed by atoms with van der Waals surface area (Å²) in [5.74, 6) is -2.01. The summed E-state index contributed by atoms with van der Waals surface area (Å²) in [6.07, 6.45) is 5.97. The number of Topliss-reactive ketones (excluding diaryl/α,β-unsaturated/α-hetero) is 1. The number of rotatable bonds is 9. The van der Waals surface area contributed by atoms with E-state index in [0.717, 1.165) is 16.7 Å². The van der Waals surface area contributed by atoms with Gasteiger partial charge in [0.05, 0.1) is 19.1 Å². The first-order chi connectivity index (χ1) is 12.5. The number of carbonyl (C=O) groups is 2. The number of nitriles is 1. The number of ether oxygens (including phenoxy) is 2. The van der Waals surface area contributed by atoms with Gasteiger partial charge in [0.15, 0.2) is 5.78 Å². The lowest BCUT2D eigenvalue weighted by Crippen LogP contribution is -2.30. The Morgan fingerprint density at radius 1 is 1.23 bits per heavy atom. The highest BCUT2D eigenvalue weighted by atomic mass is 16.5. The van der Waals surface area contributed by atoms with Crippen LogP contribution in [0.1, 0.15) is 25.0 Å². The molecule has 0 aliphatic carbocycles. The fourth-order valence-electron chi connectivity index (χ4n) is 2.54. The molecule has 0 amide bonds. The van der Waals surface area contributed by atoms with E-state index in [0.29, 0.717) is 0 Å². The molecule has 0 heterocycles. The standard InChI is InChI=1S/C21H25NO4/c1-5-6-7-18(15(2)13-22)17-10-8-16(9-11-17)12-19(21(24)26-4)20(23)14-25-3/h5-11,15,19H,12,14H2,1-4H3/b6-5-,18-7+. The normalized spacial score (nSPS) is 13.9. The molecule has 0 bridgehead atoms. The van der Waals surface area contributed by atoms with E-state index in [9.17, 15) is 14.9 Å². The van der Waals surface area contributed by atoms with Crippen molar-refractivity contribution in [3.05, 3.63) is 53.6 Å². The summed E-state index contributed by atoms with van der Waals surface area (Å²) in [7, 11) is 2.68. The van der Waals surface area contributed by atoms with Gasteiger partial charge in [-0.2, -0.15) is 5.26 Å². The number of methoxy groups -OCH3 is 2. The Morgan fingerprint density at radius 2 is 1.88 bits per heavy atom. The van der Waals surface area contributed by atoms with Gasteiger partial charge in [0, 0.05) is 7.11 Å². The number of ketones is 1. The van der Waals surface area contributed by atoms with Crippen LogP contribution >= 0.6 is 0 Å². The topological polar surface area (TPSA) is 76.4 Å². The average molecular weight is 355 g/mol. The van der Waals surface area contributed by atoms with E-state index in [1.165, 1.54) is 14.2 Å². The molecule has 1 aromatic carbocycles. The molecule has 138 valence electrons. The average Bonchev–Trinajstić information content (AvgIpc) is 2.66. The molecule has 0 aliphatic rings. The number of allylic oxidation sites excluding steroid dienone is 4. The Balaban J connectivity index is 3.05. The molecular weight excluding hydrogens is 330 g/mol. The van der Waals surface area contributed by atoms with Crippen LogP contribution < -0.4 is 0 Å². The second-order valence-corrected chi connectivity index (χ2v) is 5.87. The minimum atomic E-state index is -0.887. The predicted molar refractivity (Wildman–Crippen MR) is 100 cm³/mol. The van der Waals surface area contributed by atoms with E-state index in [1.54, 1.807) is 0 Å². The molecule has 1 rings (SSSR count). The minimum absolute atomic E-state index is 0.131. The van der Waals surface area contributed by atoms with Crippen molar-refractivity contribution >= 4 is 17.3 Å². The van der Waals surface area contributed by atoms with E-state index in [2.05, 4.69) is 6.07 Å². The van der Waals surface area contributed by atoms with Crippen molar-refractivity contribution in [3.8, 4) is 6.07 Å². The Kier molecular flexibility index (Phi) is 9.04. The molecule has 26 heavy (non-hydrogen) atoms. The smallest absolute Gasteiger partial charge is 0.316 e. The monoisotopic (exact) mass is 355 g/mol. The fraction of sp³-hybridized carbons (Fsp3) is 0.381.